The summed E-state index contributed by atoms with van der Waals surface area (Å²) in [5.74, 6) is -4.82. The fourth-order valence-corrected chi connectivity index (χ4v) is 3.53. The fraction of sp³-hybridized carbons (Fsp3) is 0.269. The maximum Gasteiger partial charge on any atom is 0.490 e. The molecule has 0 amide bonds. The minimum absolute atomic E-state index is 0.235. The molecular formula is C26H24ClF6N5O6. The van der Waals surface area contributed by atoms with E-state index in [-0.39, 0.29) is 6.61 Å². The summed E-state index contributed by atoms with van der Waals surface area (Å²) in [6.07, 6.45) is -4.06. The number of H-pyrrole nitrogens is 1. The Morgan fingerprint density at radius 2 is 1.48 bits per heavy atom. The van der Waals surface area contributed by atoms with E-state index in [1.807, 2.05) is 49.3 Å². The molecule has 0 spiro atoms. The molecule has 0 aliphatic carbocycles. The van der Waals surface area contributed by atoms with Crippen LogP contribution in [-0.4, -0.2) is 97.8 Å². The number of carboxylic acids is 2. The highest BCUT2D eigenvalue weighted by molar-refractivity contribution is 6.31. The van der Waals surface area contributed by atoms with Gasteiger partial charge in [-0.05, 0) is 50.0 Å². The van der Waals surface area contributed by atoms with E-state index in [4.69, 9.17) is 36.1 Å². The van der Waals surface area contributed by atoms with Gasteiger partial charge in [0.05, 0.1) is 10.7 Å². The van der Waals surface area contributed by atoms with Crippen LogP contribution >= 0.6 is 11.6 Å². The van der Waals surface area contributed by atoms with Crippen LogP contribution in [0.2, 0.25) is 5.02 Å². The van der Waals surface area contributed by atoms with Gasteiger partial charge in [-0.1, -0.05) is 11.6 Å². The van der Waals surface area contributed by atoms with Crippen LogP contribution in [0.25, 0.3) is 33.4 Å². The standard InChI is InChI=1S/C22H22ClN5O2.2C2HF3O2/c1-28(2)11-17(29)12-30-18-5-3-14(4-6-18)21-20(15-8-24-13-25-9-15)19-7-16(23)10-26-22(19)27-21;2*3-2(4,5)1(6)7/h3-10,13,17,29H,11-12H2,1-2H3,(H,26,27);2*(H,6,7). The molecule has 0 saturated heterocycles. The lowest BCUT2D eigenvalue weighted by Gasteiger charge is -2.16. The first kappa shape index (κ1) is 35.7. The lowest BCUT2D eigenvalue weighted by atomic mass is 10.0. The number of nitrogens with one attached hydrogen (secondary N) is 1. The number of aromatic amines is 1. The number of rotatable bonds is 7. The molecule has 18 heteroatoms. The summed E-state index contributed by atoms with van der Waals surface area (Å²) in [5.41, 5.74) is 4.41. The third kappa shape index (κ3) is 11.0. The van der Waals surface area contributed by atoms with Crippen molar-refractivity contribution in [2.24, 2.45) is 0 Å². The van der Waals surface area contributed by atoms with Gasteiger partial charge < -0.3 is 29.9 Å². The highest BCUT2D eigenvalue weighted by Gasteiger charge is 2.38. The van der Waals surface area contributed by atoms with E-state index in [1.54, 1.807) is 18.6 Å². The molecule has 4 rings (SSSR count). The van der Waals surface area contributed by atoms with Gasteiger partial charge in [-0.2, -0.15) is 26.3 Å². The minimum atomic E-state index is -5.08. The first-order valence-electron chi connectivity index (χ1n) is 12.0. The molecule has 238 valence electrons. The van der Waals surface area contributed by atoms with E-state index < -0.39 is 30.4 Å². The molecular weight excluding hydrogens is 628 g/mol. The summed E-state index contributed by atoms with van der Waals surface area (Å²) in [6, 6.07) is 9.58. The van der Waals surface area contributed by atoms with Crippen LogP contribution in [0, 0.1) is 0 Å². The van der Waals surface area contributed by atoms with Crippen LogP contribution in [0.1, 0.15) is 0 Å². The number of aliphatic hydroxyl groups is 1. The van der Waals surface area contributed by atoms with Crippen molar-refractivity contribution in [3.05, 3.63) is 60.3 Å². The van der Waals surface area contributed by atoms with Crippen molar-refractivity contribution >= 4 is 34.6 Å². The Hall–Kier alpha value is -4.48. The van der Waals surface area contributed by atoms with Crippen molar-refractivity contribution < 1.29 is 56.0 Å². The van der Waals surface area contributed by atoms with Crippen LogP contribution in [0.15, 0.2) is 55.2 Å². The Morgan fingerprint density at radius 3 is 1.95 bits per heavy atom. The van der Waals surface area contributed by atoms with Crippen LogP contribution in [-0.2, 0) is 9.59 Å². The number of carbonyl (C=O) groups is 2. The molecule has 1 atom stereocenters. The summed E-state index contributed by atoms with van der Waals surface area (Å²) in [5, 5.41) is 25.7. The van der Waals surface area contributed by atoms with Gasteiger partial charge >= 0.3 is 24.3 Å². The molecule has 0 saturated carbocycles. The van der Waals surface area contributed by atoms with Gasteiger partial charge in [0.25, 0.3) is 0 Å². The van der Waals surface area contributed by atoms with E-state index in [1.165, 1.54) is 6.33 Å². The molecule has 4 aromatic rings. The zero-order chi connectivity index (χ0) is 33.2. The number of hydrogen-bond acceptors (Lipinski definition) is 8. The number of fused-ring (bicyclic) bond motifs is 1. The number of aliphatic hydroxyl groups excluding tert-OH is 1. The average Bonchev–Trinajstić information content (AvgIpc) is 3.30. The zero-order valence-electron chi connectivity index (χ0n) is 22.7. The van der Waals surface area contributed by atoms with Gasteiger partial charge in [0.1, 0.15) is 30.4 Å². The Bertz CT molecular complexity index is 1510. The predicted octanol–water partition coefficient (Wildman–Crippen LogP) is 4.91. The van der Waals surface area contributed by atoms with E-state index in [9.17, 15) is 31.4 Å². The Kier molecular flexibility index (Phi) is 12.4. The molecule has 0 fully saturated rings. The topological polar surface area (TPSA) is 162 Å². The first-order chi connectivity index (χ1) is 20.4. The second-order valence-corrected chi connectivity index (χ2v) is 9.35. The Labute approximate surface area is 249 Å². The molecule has 0 aliphatic rings. The number of pyridine rings is 1. The molecule has 3 heterocycles. The van der Waals surface area contributed by atoms with Crippen molar-refractivity contribution in [3.63, 3.8) is 0 Å². The predicted molar refractivity (Wildman–Crippen MR) is 145 cm³/mol. The quantitative estimate of drug-likeness (QED) is 0.202. The second kappa shape index (κ2) is 15.3. The van der Waals surface area contributed by atoms with Gasteiger partial charge in [-0.3, -0.25) is 0 Å². The van der Waals surface area contributed by atoms with Gasteiger partial charge in [0, 0.05) is 41.6 Å². The number of hydrogen-bond donors (Lipinski definition) is 4. The molecule has 11 nitrogen and oxygen atoms in total. The van der Waals surface area contributed by atoms with Crippen molar-refractivity contribution in [3.8, 4) is 28.1 Å². The SMILES string of the molecule is CN(C)CC(O)COc1ccc(-c2[nH]c3ncc(Cl)cc3c2-c2cncnc2)cc1.O=C(O)C(F)(F)F.O=C(O)C(F)(F)F. The monoisotopic (exact) mass is 651 g/mol. The number of benzene rings is 1. The molecule has 1 unspecified atom stereocenters. The molecule has 3 aromatic heterocycles. The highest BCUT2D eigenvalue weighted by atomic mass is 35.5. The summed E-state index contributed by atoms with van der Waals surface area (Å²) in [6.45, 7) is 0.782. The fourth-order valence-electron chi connectivity index (χ4n) is 3.37. The van der Waals surface area contributed by atoms with Gasteiger partial charge in [-0.25, -0.2) is 24.5 Å². The normalized spacial score (nSPS) is 12.1. The van der Waals surface area contributed by atoms with Crippen molar-refractivity contribution in [1.82, 2.24) is 24.8 Å². The van der Waals surface area contributed by atoms with Crippen LogP contribution in [0.5, 0.6) is 5.75 Å². The van der Waals surface area contributed by atoms with Crippen LogP contribution in [0.3, 0.4) is 0 Å². The zero-order valence-corrected chi connectivity index (χ0v) is 23.4. The summed E-state index contributed by atoms with van der Waals surface area (Å²) < 4.78 is 69.2. The van der Waals surface area contributed by atoms with Gasteiger partial charge in [0.2, 0.25) is 0 Å². The number of aromatic nitrogens is 4. The number of likely N-dealkylation sites (N-methyl/N-ethyl adjacent to an activating group) is 1. The van der Waals surface area contributed by atoms with Crippen LogP contribution in [0.4, 0.5) is 26.3 Å². The number of aliphatic carboxylic acids is 2. The van der Waals surface area contributed by atoms with E-state index in [0.29, 0.717) is 17.3 Å². The Morgan fingerprint density at radius 1 is 0.955 bits per heavy atom. The molecule has 1 aromatic carbocycles. The van der Waals surface area contributed by atoms with Crippen molar-refractivity contribution in [2.75, 3.05) is 27.2 Å². The number of carboxylic acid groups (broad SMARTS) is 2. The maximum atomic E-state index is 10.6. The lowest BCUT2D eigenvalue weighted by molar-refractivity contribution is -0.193. The minimum Gasteiger partial charge on any atom is -0.491 e. The number of nitrogens with zero attached hydrogens (tertiary/aromatic N) is 4. The Balaban J connectivity index is 0.000000402. The van der Waals surface area contributed by atoms with Crippen molar-refractivity contribution in [1.29, 1.82) is 0 Å². The molecule has 0 aliphatic heterocycles. The molecule has 0 bridgehead atoms. The largest absolute Gasteiger partial charge is 0.491 e. The number of halogens is 7. The average molecular weight is 652 g/mol. The third-order valence-electron chi connectivity index (χ3n) is 5.11. The van der Waals surface area contributed by atoms with Crippen LogP contribution < -0.4 is 4.74 Å². The second-order valence-electron chi connectivity index (χ2n) is 8.91. The summed E-state index contributed by atoms with van der Waals surface area (Å²) >= 11 is 6.20. The smallest absolute Gasteiger partial charge is 0.490 e. The molecule has 0 radical (unpaired) electrons. The summed E-state index contributed by atoms with van der Waals surface area (Å²) in [7, 11) is 3.82. The van der Waals surface area contributed by atoms with E-state index in [2.05, 4.69) is 19.9 Å². The number of alkyl halides is 6. The molecule has 44 heavy (non-hydrogen) atoms. The first-order valence-corrected chi connectivity index (χ1v) is 12.4. The lowest BCUT2D eigenvalue weighted by Crippen LogP contribution is -2.30. The van der Waals surface area contributed by atoms with Crippen molar-refractivity contribution in [2.45, 2.75) is 18.5 Å². The van der Waals surface area contributed by atoms with E-state index in [0.717, 1.165) is 33.4 Å². The highest BCUT2D eigenvalue weighted by Crippen LogP contribution is 2.38. The number of ether oxygens (including phenoxy) is 1. The van der Waals surface area contributed by atoms with E-state index >= 15 is 0 Å². The summed E-state index contributed by atoms with van der Waals surface area (Å²) in [4.78, 5) is 35.8. The maximum absolute atomic E-state index is 10.6. The van der Waals surface area contributed by atoms with Gasteiger partial charge in [-0.15, -0.1) is 0 Å². The molecule has 4 N–H and O–H groups in total. The third-order valence-corrected chi connectivity index (χ3v) is 5.32. The van der Waals surface area contributed by atoms with Gasteiger partial charge in [0.15, 0.2) is 0 Å².